The number of hydrogen-bond acceptors (Lipinski definition) is 17. The van der Waals surface area contributed by atoms with E-state index in [1.165, 1.54) is 17.7 Å². The SMILES string of the molecule is COc1cc(C[C@]2(F)CCN(C3CC4(CCN(c5ccc(C(=O)NS(=O)(=O)c6ccc(NC[C@H]7CC[C@](C)(O)CC7)c([N+](=O)[O-])c6)c(N6c7cc8cc[nH]c8nc7O[C@H]7COCC[C@@H]76)c5)CC4)C3)[C@H](c3ccccc3C)C2)cnc1N1CCOCC1. The number of aryl methyl sites for hydroxylation is 1. The Labute approximate surface area is 500 Å². The number of H-pyrrole nitrogens is 1. The van der Waals surface area contributed by atoms with Crippen molar-refractivity contribution in [1.29, 1.82) is 0 Å². The number of aromatic nitrogens is 3. The third-order valence-electron chi connectivity index (χ3n) is 19.8. The number of likely N-dealkylation sites (tertiary alicyclic amines) is 1. The molecule has 456 valence electrons. The number of nitro groups is 1. The summed E-state index contributed by atoms with van der Waals surface area (Å²) in [5.41, 5.74) is 3.47. The highest BCUT2D eigenvalue weighted by Gasteiger charge is 2.52. The number of nitrogens with one attached hydrogen (secondary N) is 3. The van der Waals surface area contributed by atoms with Crippen LogP contribution in [0.1, 0.15) is 111 Å². The maximum atomic E-state index is 17.6. The molecule has 6 fully saturated rings. The number of pyridine rings is 2. The smallest absolute Gasteiger partial charge is 0.293 e. The number of hydrogen-bond donors (Lipinski definition) is 4. The molecular formula is C64H77FN10O10S. The van der Waals surface area contributed by atoms with Gasteiger partial charge in [-0.15, -0.1) is 0 Å². The number of ether oxygens (including phenoxy) is 4. The summed E-state index contributed by atoms with van der Waals surface area (Å²) in [4.78, 5) is 48.2. The maximum Gasteiger partial charge on any atom is 0.293 e. The molecule has 13 rings (SSSR count). The number of fused-ring (bicyclic) bond motifs is 3. The molecule has 22 heteroatoms. The molecule has 20 nitrogen and oxygen atoms in total. The summed E-state index contributed by atoms with van der Waals surface area (Å²) in [6, 6.07) is 23.3. The van der Waals surface area contributed by atoms with Gasteiger partial charge in [0.15, 0.2) is 11.6 Å². The van der Waals surface area contributed by atoms with E-state index in [2.05, 4.69) is 59.7 Å². The molecule has 6 aromatic rings. The average Bonchev–Trinajstić information content (AvgIpc) is 1.03. The lowest BCUT2D eigenvalue weighted by Crippen LogP contribution is -2.58. The summed E-state index contributed by atoms with van der Waals surface area (Å²) in [7, 11) is -3.02. The molecule has 8 heterocycles. The number of aromatic amines is 1. The number of amides is 1. The second kappa shape index (κ2) is 23.2. The fourth-order valence-electron chi connectivity index (χ4n) is 14.9. The molecular weight excluding hydrogens is 1120 g/mol. The van der Waals surface area contributed by atoms with Crippen LogP contribution in [0.3, 0.4) is 0 Å². The Kier molecular flexibility index (Phi) is 15.6. The summed E-state index contributed by atoms with van der Waals surface area (Å²) >= 11 is 0. The van der Waals surface area contributed by atoms with Crippen LogP contribution < -0.4 is 34.2 Å². The lowest BCUT2D eigenvalue weighted by atomic mass is 9.59. The molecule has 7 aliphatic rings. The van der Waals surface area contributed by atoms with E-state index in [0.717, 1.165) is 98.8 Å². The van der Waals surface area contributed by atoms with Gasteiger partial charge in [-0.25, -0.2) is 22.5 Å². The number of aliphatic hydroxyl groups is 1. The van der Waals surface area contributed by atoms with Crippen molar-refractivity contribution >= 4 is 61.2 Å². The van der Waals surface area contributed by atoms with Crippen molar-refractivity contribution < 1.29 is 46.6 Å². The Hall–Kier alpha value is -7.11. The fraction of sp³-hybridized carbons (Fsp3) is 0.516. The number of rotatable bonds is 15. The second-order valence-corrected chi connectivity index (χ2v) is 27.2. The molecule has 4 saturated heterocycles. The Morgan fingerprint density at radius 3 is 2.47 bits per heavy atom. The number of anilines is 5. The van der Waals surface area contributed by atoms with Gasteiger partial charge in [-0.3, -0.25) is 19.8 Å². The summed E-state index contributed by atoms with van der Waals surface area (Å²) in [6.45, 7) is 9.92. The van der Waals surface area contributed by atoms with E-state index in [0.29, 0.717) is 99.7 Å². The molecule has 1 amide bonds. The summed E-state index contributed by atoms with van der Waals surface area (Å²) in [5, 5.41) is 26.9. The number of nitrogens with zero attached hydrogens (tertiary/aromatic N) is 7. The molecule has 86 heavy (non-hydrogen) atoms. The topological polar surface area (TPSA) is 230 Å². The normalized spacial score (nSPS) is 26.1. The van der Waals surface area contributed by atoms with Crippen LogP contribution in [0.5, 0.6) is 11.6 Å². The Bertz CT molecular complexity index is 3630. The third kappa shape index (κ3) is 11.5. The number of methoxy groups -OCH3 is 1. The summed E-state index contributed by atoms with van der Waals surface area (Å²) < 4.78 is 72.4. The quantitative estimate of drug-likeness (QED) is 0.0554. The Morgan fingerprint density at radius 2 is 1.70 bits per heavy atom. The lowest BCUT2D eigenvalue weighted by molar-refractivity contribution is -0.384. The van der Waals surface area contributed by atoms with Crippen molar-refractivity contribution in [3.05, 3.63) is 124 Å². The number of piperidine rings is 2. The second-order valence-electron chi connectivity index (χ2n) is 25.5. The van der Waals surface area contributed by atoms with Crippen molar-refractivity contribution in [3.63, 3.8) is 0 Å². The summed E-state index contributed by atoms with van der Waals surface area (Å²) in [5.74, 6) is 1.03. The van der Waals surface area contributed by atoms with E-state index in [9.17, 15) is 28.4 Å². The molecule has 0 unspecified atom stereocenters. The molecule has 3 aromatic heterocycles. The molecule has 4 N–H and O–H groups in total. The van der Waals surface area contributed by atoms with Crippen molar-refractivity contribution in [3.8, 4) is 11.6 Å². The maximum absolute atomic E-state index is 17.6. The minimum absolute atomic E-state index is 0.0826. The molecule has 2 aliphatic carbocycles. The van der Waals surface area contributed by atoms with Crippen LogP contribution in [-0.2, 0) is 25.9 Å². The van der Waals surface area contributed by atoms with Gasteiger partial charge in [0.2, 0.25) is 5.88 Å². The van der Waals surface area contributed by atoms with Gasteiger partial charge in [0, 0.05) is 100 Å². The minimum atomic E-state index is -4.66. The summed E-state index contributed by atoms with van der Waals surface area (Å²) in [6.07, 6.45) is 11.4. The zero-order valence-corrected chi connectivity index (χ0v) is 50.0. The molecule has 2 saturated carbocycles. The van der Waals surface area contributed by atoms with E-state index in [1.807, 2.05) is 49.5 Å². The van der Waals surface area contributed by atoms with E-state index < -0.39 is 48.8 Å². The highest BCUT2D eigenvalue weighted by Crippen LogP contribution is 2.56. The van der Waals surface area contributed by atoms with Crippen molar-refractivity contribution in [1.82, 2.24) is 24.6 Å². The highest BCUT2D eigenvalue weighted by atomic mass is 32.2. The van der Waals surface area contributed by atoms with E-state index in [1.54, 1.807) is 19.4 Å². The number of benzene rings is 3. The number of alkyl halides is 1. The molecule has 5 aliphatic heterocycles. The molecule has 1 spiro atoms. The van der Waals surface area contributed by atoms with E-state index in [-0.39, 0.29) is 47.7 Å². The number of carbonyl (C=O) groups excluding carboxylic acids is 1. The Balaban J connectivity index is 0.741. The van der Waals surface area contributed by atoms with Gasteiger partial charge < -0.3 is 49.1 Å². The van der Waals surface area contributed by atoms with Gasteiger partial charge >= 0.3 is 0 Å². The highest BCUT2D eigenvalue weighted by molar-refractivity contribution is 7.90. The lowest BCUT2D eigenvalue weighted by Gasteiger charge is -2.58. The number of nitro benzene ring substituents is 1. The van der Waals surface area contributed by atoms with Crippen molar-refractivity contribution in [2.24, 2.45) is 11.3 Å². The zero-order chi connectivity index (χ0) is 59.5. The number of morpholine rings is 1. The first-order chi connectivity index (χ1) is 41.4. The molecule has 0 radical (unpaired) electrons. The van der Waals surface area contributed by atoms with Gasteiger partial charge in [-0.1, -0.05) is 24.3 Å². The van der Waals surface area contributed by atoms with Gasteiger partial charge in [0.25, 0.3) is 21.6 Å². The van der Waals surface area contributed by atoms with Crippen LogP contribution in [0, 0.1) is 28.4 Å². The molecule has 0 bridgehead atoms. The largest absolute Gasteiger partial charge is 0.493 e. The van der Waals surface area contributed by atoms with E-state index in [4.69, 9.17) is 28.9 Å². The predicted molar refractivity (Wildman–Crippen MR) is 325 cm³/mol. The van der Waals surface area contributed by atoms with Crippen LogP contribution in [0.15, 0.2) is 96.2 Å². The average molecular weight is 1200 g/mol. The zero-order valence-electron chi connectivity index (χ0n) is 49.1. The Morgan fingerprint density at radius 1 is 0.907 bits per heavy atom. The first-order valence-corrected chi connectivity index (χ1v) is 32.0. The van der Waals surface area contributed by atoms with Gasteiger partial charge in [0.1, 0.15) is 28.8 Å². The number of carbonyl (C=O) groups is 1. The van der Waals surface area contributed by atoms with Gasteiger partial charge in [0.05, 0.1) is 59.6 Å². The van der Waals surface area contributed by atoms with Crippen LogP contribution in [0.25, 0.3) is 11.0 Å². The van der Waals surface area contributed by atoms with Crippen LogP contribution in [0.4, 0.5) is 38.6 Å². The van der Waals surface area contributed by atoms with E-state index >= 15 is 4.39 Å². The molecule has 4 atom stereocenters. The third-order valence-corrected chi connectivity index (χ3v) is 21.1. The van der Waals surface area contributed by atoms with Crippen molar-refractivity contribution in [2.45, 2.75) is 131 Å². The minimum Gasteiger partial charge on any atom is -0.493 e. The van der Waals surface area contributed by atoms with Crippen LogP contribution >= 0.6 is 0 Å². The standard InChI is InChI=1S/C64H77FN10O10S/c1-41-6-4-5-7-48(41)55-37-64(65,34-43-30-56(82-3)59(68-39-43)72-25-28-83-29-26-72)20-24-73(55)46-35-63(36-46)18-22-71(23-19-63)45-8-10-49(52(32-45)74-51-15-27-84-40-57(51)85-61-54(74)31-44-14-21-66-58(44)69-61)60(76)70-86(80,81)47-9-11-50(53(33-47)75(78)79)67-38-42-12-16-62(2,77)17-13-42/h4-11,14,21,30-33,39,42,46,51,55,57,67,77H,12-13,15-20,22-29,34-38,40H2,1-3H3,(H,66,69)(H,70,76)/t42-,51-,55-,57-,62-,64+/m0/s1. The van der Waals surface area contributed by atoms with Crippen LogP contribution in [0.2, 0.25) is 0 Å². The molecule has 3 aromatic carbocycles. The van der Waals surface area contributed by atoms with Gasteiger partial charge in [-0.05, 0) is 155 Å². The van der Waals surface area contributed by atoms with Crippen LogP contribution in [-0.4, -0.2) is 146 Å². The van der Waals surface area contributed by atoms with Gasteiger partial charge in [-0.2, -0.15) is 4.98 Å². The fourth-order valence-corrected chi connectivity index (χ4v) is 15.8. The first kappa shape index (κ1) is 57.9. The van der Waals surface area contributed by atoms with Crippen molar-refractivity contribution in [2.75, 3.05) is 92.8 Å². The monoisotopic (exact) mass is 1200 g/mol. The predicted octanol–water partition coefficient (Wildman–Crippen LogP) is 9.72. The first-order valence-electron chi connectivity index (χ1n) is 30.5. The number of halogens is 1. The number of sulfonamides is 1.